The van der Waals surface area contributed by atoms with E-state index in [1.54, 1.807) is 7.11 Å². The normalized spacial score (nSPS) is 12.8. The third kappa shape index (κ3) is 9.59. The molecule has 140 valence electrons. The molecule has 1 unspecified atom stereocenters. The number of carbonyl (C=O) groups is 1. The Balaban J connectivity index is 2.27. The number of hydrogen-bond donors (Lipinski definition) is 3. The number of nitrogens with zero attached hydrogens (tertiary/aromatic N) is 1. The van der Waals surface area contributed by atoms with Gasteiger partial charge in [-0.2, -0.15) is 0 Å². The topological polar surface area (TPSA) is 88.7 Å². The minimum atomic E-state index is -0.159. The highest BCUT2D eigenvalue weighted by Crippen LogP contribution is 2.11. The van der Waals surface area contributed by atoms with Gasteiger partial charge in [0.1, 0.15) is 12.3 Å². The predicted octanol–water partition coefficient (Wildman–Crippen LogP) is 2.43. The number of guanidine groups is 1. The van der Waals surface area contributed by atoms with Crippen LogP contribution in [0.2, 0.25) is 0 Å². The van der Waals surface area contributed by atoms with Crippen LogP contribution in [0.25, 0.3) is 0 Å². The first-order chi connectivity index (χ1) is 11.9. The molecule has 1 atom stereocenters. The van der Waals surface area contributed by atoms with Crippen molar-refractivity contribution in [3.63, 3.8) is 0 Å². The molecule has 25 heavy (non-hydrogen) atoms. The maximum Gasteiger partial charge on any atom is 0.242 e. The molecule has 0 heterocycles. The predicted molar refractivity (Wildman–Crippen MR) is 103 cm³/mol. The zero-order valence-electron chi connectivity index (χ0n) is 15.8. The van der Waals surface area contributed by atoms with Crippen molar-refractivity contribution in [3.8, 4) is 5.75 Å². The zero-order chi connectivity index (χ0) is 18.7. The molecule has 0 radical (unpaired) electrons. The lowest BCUT2D eigenvalue weighted by atomic mass is 10.0. The molecule has 0 aromatic heterocycles. The van der Waals surface area contributed by atoms with Crippen LogP contribution in [0, 0.1) is 5.92 Å². The molecule has 0 spiro atoms. The summed E-state index contributed by atoms with van der Waals surface area (Å²) in [6, 6.07) is 7.81. The Kier molecular flexibility index (Phi) is 9.43. The number of amides is 1. The van der Waals surface area contributed by atoms with Gasteiger partial charge in [0, 0.05) is 12.6 Å². The maximum absolute atomic E-state index is 11.9. The molecule has 0 aliphatic rings. The van der Waals surface area contributed by atoms with Crippen LogP contribution in [-0.2, 0) is 11.3 Å². The number of nitrogens with one attached hydrogen (secondary N) is 2. The van der Waals surface area contributed by atoms with E-state index in [1.807, 2.05) is 24.3 Å². The molecule has 0 bridgehead atoms. The van der Waals surface area contributed by atoms with Crippen molar-refractivity contribution >= 4 is 11.9 Å². The first-order valence-corrected chi connectivity index (χ1v) is 8.86. The molecule has 1 amide bonds. The molecule has 6 nitrogen and oxygen atoms in total. The molecular weight excluding hydrogens is 316 g/mol. The van der Waals surface area contributed by atoms with E-state index in [0.29, 0.717) is 18.4 Å². The molecule has 0 fully saturated rings. The summed E-state index contributed by atoms with van der Waals surface area (Å²) in [7, 11) is 1.62. The quantitative estimate of drug-likeness (QED) is 0.447. The summed E-state index contributed by atoms with van der Waals surface area (Å²) in [5.41, 5.74) is 6.84. The highest BCUT2D eigenvalue weighted by molar-refractivity contribution is 5.84. The fourth-order valence-corrected chi connectivity index (χ4v) is 2.36. The molecule has 6 heteroatoms. The van der Waals surface area contributed by atoms with Gasteiger partial charge in [0.2, 0.25) is 5.91 Å². The van der Waals surface area contributed by atoms with Crippen LogP contribution in [0.4, 0.5) is 0 Å². The van der Waals surface area contributed by atoms with Gasteiger partial charge in [-0.15, -0.1) is 0 Å². The minimum Gasteiger partial charge on any atom is -0.497 e. The number of methoxy groups -OCH3 is 1. The minimum absolute atomic E-state index is 0.0215. The smallest absolute Gasteiger partial charge is 0.242 e. The van der Waals surface area contributed by atoms with Crippen molar-refractivity contribution in [1.29, 1.82) is 0 Å². The number of nitrogens with two attached hydrogens (primary N) is 1. The van der Waals surface area contributed by atoms with Crippen molar-refractivity contribution in [2.75, 3.05) is 13.7 Å². The van der Waals surface area contributed by atoms with Gasteiger partial charge in [-0.05, 0) is 37.0 Å². The molecule has 4 N–H and O–H groups in total. The molecular formula is C19H32N4O2. The average molecular weight is 348 g/mol. The third-order valence-corrected chi connectivity index (χ3v) is 3.85. The van der Waals surface area contributed by atoms with Crippen LogP contribution >= 0.6 is 0 Å². The SMILES string of the molecule is COc1ccc(CNC(=O)CN=C(N)NC(C)CCCC(C)C)cc1. The van der Waals surface area contributed by atoms with Crippen molar-refractivity contribution in [2.24, 2.45) is 16.6 Å². The fraction of sp³-hybridized carbons (Fsp3) is 0.579. The number of ether oxygens (including phenoxy) is 1. The molecule has 1 rings (SSSR count). The number of benzene rings is 1. The van der Waals surface area contributed by atoms with Crippen LogP contribution in [0.5, 0.6) is 5.75 Å². The molecule has 0 saturated heterocycles. The van der Waals surface area contributed by atoms with Gasteiger partial charge in [0.15, 0.2) is 5.96 Å². The van der Waals surface area contributed by atoms with Gasteiger partial charge >= 0.3 is 0 Å². The van der Waals surface area contributed by atoms with Gasteiger partial charge in [0.05, 0.1) is 7.11 Å². The van der Waals surface area contributed by atoms with E-state index < -0.39 is 0 Å². The van der Waals surface area contributed by atoms with Gasteiger partial charge in [-0.3, -0.25) is 4.79 Å². The van der Waals surface area contributed by atoms with E-state index in [-0.39, 0.29) is 18.5 Å². The summed E-state index contributed by atoms with van der Waals surface area (Å²) < 4.78 is 5.10. The standard InChI is InChI=1S/C19H32N4O2/c1-14(2)6-5-7-15(3)23-19(20)22-13-18(24)21-12-16-8-10-17(25-4)11-9-16/h8-11,14-15H,5-7,12-13H2,1-4H3,(H,21,24)(H3,20,22,23). The lowest BCUT2D eigenvalue weighted by Gasteiger charge is -2.15. The Morgan fingerprint density at radius 1 is 1.20 bits per heavy atom. The number of aliphatic imine (C=N–C) groups is 1. The number of carbonyl (C=O) groups excluding carboxylic acids is 1. The summed E-state index contributed by atoms with van der Waals surface area (Å²) in [6.07, 6.45) is 3.40. The largest absolute Gasteiger partial charge is 0.497 e. The maximum atomic E-state index is 11.9. The third-order valence-electron chi connectivity index (χ3n) is 3.85. The summed E-state index contributed by atoms with van der Waals surface area (Å²) in [6.45, 7) is 6.99. The second kappa shape index (κ2) is 11.3. The van der Waals surface area contributed by atoms with E-state index in [2.05, 4.69) is 36.4 Å². The Morgan fingerprint density at radius 3 is 2.48 bits per heavy atom. The second-order valence-electron chi connectivity index (χ2n) is 6.70. The van der Waals surface area contributed by atoms with E-state index >= 15 is 0 Å². The van der Waals surface area contributed by atoms with E-state index in [4.69, 9.17) is 10.5 Å². The first kappa shape index (κ1) is 20.8. The molecule has 0 aliphatic carbocycles. The Bertz CT molecular complexity index is 541. The van der Waals surface area contributed by atoms with Crippen molar-refractivity contribution < 1.29 is 9.53 Å². The van der Waals surface area contributed by atoms with Gasteiger partial charge in [-0.25, -0.2) is 4.99 Å². The Labute approximate surface area is 151 Å². The molecule has 1 aromatic rings. The lowest BCUT2D eigenvalue weighted by molar-refractivity contribution is -0.119. The summed E-state index contributed by atoms with van der Waals surface area (Å²) >= 11 is 0. The number of hydrogen-bond acceptors (Lipinski definition) is 3. The summed E-state index contributed by atoms with van der Waals surface area (Å²) in [5.74, 6) is 1.67. The number of rotatable bonds is 10. The highest BCUT2D eigenvalue weighted by Gasteiger charge is 2.05. The van der Waals surface area contributed by atoms with Gasteiger partial charge in [0.25, 0.3) is 0 Å². The second-order valence-corrected chi connectivity index (χ2v) is 6.70. The van der Waals surface area contributed by atoms with Crippen LogP contribution in [0.15, 0.2) is 29.3 Å². The first-order valence-electron chi connectivity index (χ1n) is 8.86. The van der Waals surface area contributed by atoms with E-state index in [9.17, 15) is 4.79 Å². The average Bonchev–Trinajstić information content (AvgIpc) is 2.58. The van der Waals surface area contributed by atoms with E-state index in [1.165, 1.54) is 6.42 Å². The zero-order valence-corrected chi connectivity index (χ0v) is 15.8. The Hall–Kier alpha value is -2.24. The molecule has 1 aromatic carbocycles. The van der Waals surface area contributed by atoms with Crippen LogP contribution in [0.3, 0.4) is 0 Å². The van der Waals surface area contributed by atoms with Gasteiger partial charge < -0.3 is 21.1 Å². The van der Waals surface area contributed by atoms with Crippen molar-refractivity contribution in [3.05, 3.63) is 29.8 Å². The fourth-order valence-electron chi connectivity index (χ4n) is 2.36. The molecule has 0 saturated carbocycles. The van der Waals surface area contributed by atoms with Crippen LogP contribution in [0.1, 0.15) is 45.6 Å². The summed E-state index contributed by atoms with van der Waals surface area (Å²) in [4.78, 5) is 15.9. The van der Waals surface area contributed by atoms with Crippen molar-refractivity contribution in [2.45, 2.75) is 52.6 Å². The Morgan fingerprint density at radius 2 is 1.88 bits per heavy atom. The van der Waals surface area contributed by atoms with Crippen LogP contribution < -0.4 is 21.1 Å². The summed E-state index contributed by atoms with van der Waals surface area (Å²) in [5, 5.41) is 5.95. The van der Waals surface area contributed by atoms with Crippen molar-refractivity contribution in [1.82, 2.24) is 10.6 Å². The monoisotopic (exact) mass is 348 g/mol. The van der Waals surface area contributed by atoms with Crippen LogP contribution in [-0.4, -0.2) is 31.6 Å². The van der Waals surface area contributed by atoms with E-state index in [0.717, 1.165) is 24.2 Å². The highest BCUT2D eigenvalue weighted by atomic mass is 16.5. The molecule has 0 aliphatic heterocycles. The van der Waals surface area contributed by atoms with Gasteiger partial charge in [-0.1, -0.05) is 38.8 Å². The lowest BCUT2D eigenvalue weighted by Crippen LogP contribution is -2.39.